The number of nitrogen functional groups attached to an aromatic ring is 1. The standard InChI is InChI=1S/C21H24N6O4/c1-30-16-5-3-14(4-6-16)10-27-11-15(9-17(27)28)21(29)31-8-2-7-26-13-25-18-19(22)23-12-24-20(18)26/h3-6,12-13,15H,2,7-11H2,1H3,(H2,22,23,24). The Morgan fingerprint density at radius 3 is 2.81 bits per heavy atom. The second-order valence-corrected chi connectivity index (χ2v) is 7.41. The maximum Gasteiger partial charge on any atom is 0.311 e. The van der Waals surface area contributed by atoms with E-state index in [0.717, 1.165) is 11.3 Å². The van der Waals surface area contributed by atoms with Crippen molar-refractivity contribution in [3.63, 3.8) is 0 Å². The predicted molar refractivity (Wildman–Crippen MR) is 112 cm³/mol. The maximum atomic E-state index is 12.4. The summed E-state index contributed by atoms with van der Waals surface area (Å²) in [4.78, 5) is 38.7. The second kappa shape index (κ2) is 8.99. The summed E-state index contributed by atoms with van der Waals surface area (Å²) in [5, 5.41) is 0. The molecule has 4 rings (SSSR count). The molecule has 1 aliphatic rings. The topological polar surface area (TPSA) is 125 Å². The molecule has 1 fully saturated rings. The molecule has 1 unspecified atom stereocenters. The van der Waals surface area contributed by atoms with Gasteiger partial charge in [-0.25, -0.2) is 15.0 Å². The summed E-state index contributed by atoms with van der Waals surface area (Å²) < 4.78 is 12.4. The molecule has 10 nitrogen and oxygen atoms in total. The number of aromatic nitrogens is 4. The van der Waals surface area contributed by atoms with Crippen LogP contribution in [-0.4, -0.2) is 56.6 Å². The van der Waals surface area contributed by atoms with E-state index in [0.29, 0.717) is 43.0 Å². The highest BCUT2D eigenvalue weighted by atomic mass is 16.5. The highest BCUT2D eigenvalue weighted by Crippen LogP contribution is 2.22. The normalized spacial score (nSPS) is 16.1. The monoisotopic (exact) mass is 424 g/mol. The van der Waals surface area contributed by atoms with E-state index >= 15 is 0 Å². The molecule has 3 aromatic rings. The number of esters is 1. The summed E-state index contributed by atoms with van der Waals surface area (Å²) in [6, 6.07) is 7.53. The first kappa shape index (κ1) is 20.6. The van der Waals surface area contributed by atoms with Gasteiger partial charge in [0.05, 0.1) is 26.0 Å². The lowest BCUT2D eigenvalue weighted by atomic mass is 10.1. The van der Waals surface area contributed by atoms with Gasteiger partial charge in [0.1, 0.15) is 17.6 Å². The number of ether oxygens (including phenoxy) is 2. The molecule has 10 heteroatoms. The SMILES string of the molecule is COc1ccc(CN2CC(C(=O)OCCCn3cnc4c(N)ncnc43)CC2=O)cc1. The van der Waals surface area contributed by atoms with E-state index in [-0.39, 0.29) is 24.9 Å². The number of carbonyl (C=O) groups excluding carboxylic acids is 2. The Morgan fingerprint density at radius 2 is 2.03 bits per heavy atom. The molecule has 1 aliphatic heterocycles. The summed E-state index contributed by atoms with van der Waals surface area (Å²) in [7, 11) is 1.61. The molecule has 1 saturated heterocycles. The fourth-order valence-corrected chi connectivity index (χ4v) is 3.62. The van der Waals surface area contributed by atoms with E-state index in [1.54, 1.807) is 18.3 Å². The minimum absolute atomic E-state index is 0.0417. The average Bonchev–Trinajstić information content (AvgIpc) is 3.36. The van der Waals surface area contributed by atoms with Crippen molar-refractivity contribution in [1.82, 2.24) is 24.4 Å². The number of aryl methyl sites for hydroxylation is 1. The Hall–Kier alpha value is -3.69. The number of hydrogen-bond acceptors (Lipinski definition) is 8. The number of nitrogens with zero attached hydrogens (tertiary/aromatic N) is 5. The number of rotatable bonds is 8. The Bertz CT molecular complexity index is 1080. The van der Waals surface area contributed by atoms with Crippen LogP contribution in [0.4, 0.5) is 5.82 Å². The van der Waals surface area contributed by atoms with Gasteiger partial charge >= 0.3 is 5.97 Å². The van der Waals surface area contributed by atoms with E-state index < -0.39 is 5.92 Å². The Morgan fingerprint density at radius 1 is 1.23 bits per heavy atom. The molecule has 1 aromatic carbocycles. The third-order valence-electron chi connectivity index (χ3n) is 5.30. The minimum atomic E-state index is -0.438. The van der Waals surface area contributed by atoms with Crippen LogP contribution in [0, 0.1) is 5.92 Å². The van der Waals surface area contributed by atoms with Gasteiger partial charge in [0.2, 0.25) is 5.91 Å². The van der Waals surface area contributed by atoms with Crippen LogP contribution in [0.3, 0.4) is 0 Å². The number of methoxy groups -OCH3 is 1. The van der Waals surface area contributed by atoms with Crippen LogP contribution < -0.4 is 10.5 Å². The summed E-state index contributed by atoms with van der Waals surface area (Å²) in [6.07, 6.45) is 3.81. The first-order chi connectivity index (χ1) is 15.0. The van der Waals surface area contributed by atoms with E-state index in [9.17, 15) is 9.59 Å². The third kappa shape index (κ3) is 4.57. The van der Waals surface area contributed by atoms with Crippen molar-refractivity contribution in [3.8, 4) is 5.75 Å². The smallest absolute Gasteiger partial charge is 0.311 e. The van der Waals surface area contributed by atoms with Crippen LogP contribution in [-0.2, 0) is 27.4 Å². The Balaban J connectivity index is 1.24. The van der Waals surface area contributed by atoms with Crippen molar-refractivity contribution in [2.45, 2.75) is 25.9 Å². The van der Waals surface area contributed by atoms with Crippen molar-refractivity contribution in [1.29, 1.82) is 0 Å². The lowest BCUT2D eigenvalue weighted by molar-refractivity contribution is -0.148. The number of carbonyl (C=O) groups is 2. The lowest BCUT2D eigenvalue weighted by Crippen LogP contribution is -2.26. The molecule has 1 atom stereocenters. The zero-order valence-electron chi connectivity index (χ0n) is 17.2. The van der Waals surface area contributed by atoms with Crippen LogP contribution in [0.1, 0.15) is 18.4 Å². The van der Waals surface area contributed by atoms with Gasteiger partial charge in [-0.05, 0) is 24.1 Å². The first-order valence-electron chi connectivity index (χ1n) is 10.0. The zero-order valence-corrected chi connectivity index (χ0v) is 17.2. The summed E-state index contributed by atoms with van der Waals surface area (Å²) in [5.74, 6) is 0.276. The van der Waals surface area contributed by atoms with E-state index in [2.05, 4.69) is 15.0 Å². The van der Waals surface area contributed by atoms with Gasteiger partial charge in [0, 0.05) is 26.1 Å². The van der Waals surface area contributed by atoms with Gasteiger partial charge in [-0.2, -0.15) is 0 Å². The number of benzene rings is 1. The largest absolute Gasteiger partial charge is 0.497 e. The fraction of sp³-hybridized carbons (Fsp3) is 0.381. The fourth-order valence-electron chi connectivity index (χ4n) is 3.62. The Kier molecular flexibility index (Phi) is 5.96. The highest BCUT2D eigenvalue weighted by molar-refractivity contribution is 5.86. The second-order valence-electron chi connectivity index (χ2n) is 7.41. The molecule has 162 valence electrons. The summed E-state index contributed by atoms with van der Waals surface area (Å²) in [6.45, 7) is 1.66. The molecular formula is C21H24N6O4. The number of amides is 1. The molecule has 0 saturated carbocycles. The van der Waals surface area contributed by atoms with Crippen LogP contribution in [0.25, 0.3) is 11.2 Å². The molecule has 0 spiro atoms. The number of likely N-dealkylation sites (tertiary alicyclic amines) is 1. The van der Waals surface area contributed by atoms with Crippen LogP contribution >= 0.6 is 0 Å². The van der Waals surface area contributed by atoms with Crippen molar-refractivity contribution in [2.75, 3.05) is 26.0 Å². The zero-order chi connectivity index (χ0) is 21.8. The summed E-state index contributed by atoms with van der Waals surface area (Å²) >= 11 is 0. The van der Waals surface area contributed by atoms with Gasteiger partial charge < -0.3 is 24.7 Å². The van der Waals surface area contributed by atoms with Gasteiger partial charge in [0.15, 0.2) is 11.5 Å². The van der Waals surface area contributed by atoms with Crippen molar-refractivity contribution in [3.05, 3.63) is 42.5 Å². The third-order valence-corrected chi connectivity index (χ3v) is 5.30. The molecule has 0 radical (unpaired) electrons. The quantitative estimate of drug-likeness (QED) is 0.425. The average molecular weight is 424 g/mol. The van der Waals surface area contributed by atoms with Crippen molar-refractivity contribution < 1.29 is 19.1 Å². The molecule has 3 heterocycles. The predicted octanol–water partition coefficient (Wildman–Crippen LogP) is 1.40. The molecule has 0 bridgehead atoms. The van der Waals surface area contributed by atoms with Crippen LogP contribution in [0.5, 0.6) is 5.75 Å². The molecule has 2 aromatic heterocycles. The van der Waals surface area contributed by atoms with Crippen molar-refractivity contribution in [2.24, 2.45) is 5.92 Å². The van der Waals surface area contributed by atoms with E-state index in [4.69, 9.17) is 15.2 Å². The molecule has 1 amide bonds. The number of anilines is 1. The highest BCUT2D eigenvalue weighted by Gasteiger charge is 2.35. The van der Waals surface area contributed by atoms with Gasteiger partial charge in [-0.3, -0.25) is 9.59 Å². The number of fused-ring (bicyclic) bond motifs is 1. The molecular weight excluding hydrogens is 400 g/mol. The van der Waals surface area contributed by atoms with Crippen molar-refractivity contribution >= 4 is 28.9 Å². The molecule has 31 heavy (non-hydrogen) atoms. The minimum Gasteiger partial charge on any atom is -0.497 e. The summed E-state index contributed by atoms with van der Waals surface area (Å²) in [5.41, 5.74) is 7.97. The van der Waals surface area contributed by atoms with Crippen LogP contribution in [0.2, 0.25) is 0 Å². The molecule has 2 N–H and O–H groups in total. The van der Waals surface area contributed by atoms with E-state index in [1.807, 2.05) is 28.8 Å². The number of hydrogen-bond donors (Lipinski definition) is 1. The maximum absolute atomic E-state index is 12.4. The van der Waals surface area contributed by atoms with E-state index in [1.165, 1.54) is 6.33 Å². The number of imidazole rings is 1. The lowest BCUT2D eigenvalue weighted by Gasteiger charge is -2.16. The van der Waals surface area contributed by atoms with Crippen LogP contribution in [0.15, 0.2) is 36.9 Å². The van der Waals surface area contributed by atoms with Gasteiger partial charge in [-0.15, -0.1) is 0 Å². The first-order valence-corrected chi connectivity index (χ1v) is 10.0. The number of nitrogens with two attached hydrogens (primary N) is 1. The Labute approximate surface area is 179 Å². The van der Waals surface area contributed by atoms with Gasteiger partial charge in [0.25, 0.3) is 0 Å². The molecule has 0 aliphatic carbocycles. The van der Waals surface area contributed by atoms with Gasteiger partial charge in [-0.1, -0.05) is 12.1 Å².